The lowest BCUT2D eigenvalue weighted by Gasteiger charge is -2.09. The van der Waals surface area contributed by atoms with Crippen LogP contribution in [0.1, 0.15) is 49.3 Å². The molecule has 2 N–H and O–H groups in total. The summed E-state index contributed by atoms with van der Waals surface area (Å²) in [7, 11) is 0. The van der Waals surface area contributed by atoms with Gasteiger partial charge in [-0.25, -0.2) is 0 Å². The maximum atomic E-state index is 12.1. The van der Waals surface area contributed by atoms with Gasteiger partial charge in [-0.3, -0.25) is 9.78 Å². The molecule has 1 aliphatic carbocycles. The van der Waals surface area contributed by atoms with Crippen molar-refractivity contribution < 1.29 is 4.79 Å². The molecule has 1 heterocycles. The summed E-state index contributed by atoms with van der Waals surface area (Å²) in [5, 5.41) is 0. The molecule has 0 fully saturated rings. The molecule has 1 aromatic rings. The second-order valence-electron chi connectivity index (χ2n) is 4.70. The number of hydrogen-bond acceptors (Lipinski definition) is 3. The summed E-state index contributed by atoms with van der Waals surface area (Å²) >= 11 is 0. The number of hydrogen-bond donors (Lipinski definition) is 1. The molecule has 0 amide bonds. The largest absolute Gasteiger partial charge is 0.330 e. The molecule has 1 aliphatic rings. The fourth-order valence-electron chi connectivity index (χ4n) is 2.52. The van der Waals surface area contributed by atoms with Gasteiger partial charge in [-0.05, 0) is 43.9 Å². The summed E-state index contributed by atoms with van der Waals surface area (Å²) in [6.07, 6.45) is 7.47. The zero-order valence-electron chi connectivity index (χ0n) is 10.2. The maximum Gasteiger partial charge on any atom is 0.141 e. The standard InChI is InChI=1S/C14H20N2O/c15-9-3-1-2-6-13(17)12-8-7-11-5-4-10-16-14(11)12/h4-5,10,12H,1-3,6-9,15H2. The number of fused-ring (bicyclic) bond motifs is 1. The van der Waals surface area contributed by atoms with Crippen LogP contribution in [0, 0.1) is 0 Å². The van der Waals surface area contributed by atoms with Crippen molar-refractivity contribution >= 4 is 5.78 Å². The Labute approximate surface area is 102 Å². The highest BCUT2D eigenvalue weighted by Crippen LogP contribution is 2.32. The van der Waals surface area contributed by atoms with Crippen molar-refractivity contribution in [3.05, 3.63) is 29.6 Å². The Hall–Kier alpha value is -1.22. The van der Waals surface area contributed by atoms with Crippen molar-refractivity contribution in [2.24, 2.45) is 5.73 Å². The first-order chi connectivity index (χ1) is 8.33. The minimum atomic E-state index is 0.0593. The molecule has 0 bridgehead atoms. The number of rotatable bonds is 6. The van der Waals surface area contributed by atoms with Gasteiger partial charge in [-0.2, -0.15) is 0 Å². The van der Waals surface area contributed by atoms with Crippen molar-refractivity contribution in [3.63, 3.8) is 0 Å². The van der Waals surface area contributed by atoms with Crippen molar-refractivity contribution in [1.82, 2.24) is 4.98 Å². The lowest BCUT2D eigenvalue weighted by molar-refractivity contribution is -0.120. The third-order valence-corrected chi connectivity index (χ3v) is 3.47. The van der Waals surface area contributed by atoms with Gasteiger partial charge in [0.25, 0.3) is 0 Å². The van der Waals surface area contributed by atoms with E-state index >= 15 is 0 Å². The van der Waals surface area contributed by atoms with Crippen LogP contribution in [-0.4, -0.2) is 17.3 Å². The van der Waals surface area contributed by atoms with E-state index in [0.717, 1.165) is 44.3 Å². The SMILES string of the molecule is NCCCCCC(=O)C1CCc2cccnc21. The summed E-state index contributed by atoms with van der Waals surface area (Å²) in [6, 6.07) is 4.04. The predicted octanol–water partition coefficient (Wildman–Crippen LogP) is 2.20. The fourth-order valence-corrected chi connectivity index (χ4v) is 2.52. The number of Topliss-reactive ketones (excluding diaryl/α,β-unsaturated/α-hetero) is 1. The average molecular weight is 232 g/mol. The molecule has 1 unspecified atom stereocenters. The average Bonchev–Trinajstić information content (AvgIpc) is 2.78. The Morgan fingerprint density at radius 1 is 1.41 bits per heavy atom. The smallest absolute Gasteiger partial charge is 0.141 e. The highest BCUT2D eigenvalue weighted by molar-refractivity contribution is 5.86. The van der Waals surface area contributed by atoms with Gasteiger partial charge in [0.2, 0.25) is 0 Å². The quantitative estimate of drug-likeness (QED) is 0.765. The van der Waals surface area contributed by atoms with Crippen LogP contribution in [0.25, 0.3) is 0 Å². The topological polar surface area (TPSA) is 56.0 Å². The molecule has 17 heavy (non-hydrogen) atoms. The van der Waals surface area contributed by atoms with E-state index < -0.39 is 0 Å². The third-order valence-electron chi connectivity index (χ3n) is 3.47. The molecule has 0 radical (unpaired) electrons. The zero-order valence-corrected chi connectivity index (χ0v) is 10.2. The molecule has 0 saturated carbocycles. The minimum Gasteiger partial charge on any atom is -0.330 e. The normalized spacial score (nSPS) is 18.1. The Kier molecular flexibility index (Phi) is 4.26. The van der Waals surface area contributed by atoms with Crippen LogP contribution in [0.5, 0.6) is 0 Å². The molecule has 0 spiro atoms. The first kappa shape index (κ1) is 12.2. The second-order valence-corrected chi connectivity index (χ2v) is 4.70. The Balaban J connectivity index is 1.89. The lowest BCUT2D eigenvalue weighted by atomic mass is 9.96. The van der Waals surface area contributed by atoms with E-state index in [4.69, 9.17) is 5.73 Å². The van der Waals surface area contributed by atoms with Crippen LogP contribution in [-0.2, 0) is 11.2 Å². The van der Waals surface area contributed by atoms with Gasteiger partial charge in [0.1, 0.15) is 5.78 Å². The third kappa shape index (κ3) is 2.91. The second kappa shape index (κ2) is 5.92. The summed E-state index contributed by atoms with van der Waals surface area (Å²) in [5.74, 6) is 0.420. The van der Waals surface area contributed by atoms with E-state index in [2.05, 4.69) is 11.1 Å². The number of aryl methyl sites for hydroxylation is 1. The molecule has 2 rings (SSSR count). The number of nitrogens with zero attached hydrogens (tertiary/aromatic N) is 1. The van der Waals surface area contributed by atoms with E-state index in [0.29, 0.717) is 12.2 Å². The van der Waals surface area contributed by atoms with Crippen molar-refractivity contribution in [1.29, 1.82) is 0 Å². The van der Waals surface area contributed by atoms with Crippen molar-refractivity contribution in [2.75, 3.05) is 6.54 Å². The zero-order chi connectivity index (χ0) is 12.1. The molecule has 0 saturated heterocycles. The van der Waals surface area contributed by atoms with Crippen molar-refractivity contribution in [3.8, 4) is 0 Å². The number of ketones is 1. The van der Waals surface area contributed by atoms with E-state index in [9.17, 15) is 4.79 Å². The van der Waals surface area contributed by atoms with Gasteiger partial charge >= 0.3 is 0 Å². The monoisotopic (exact) mass is 232 g/mol. The highest BCUT2D eigenvalue weighted by atomic mass is 16.1. The number of aromatic nitrogens is 1. The van der Waals surface area contributed by atoms with E-state index in [1.54, 1.807) is 6.20 Å². The Morgan fingerprint density at radius 2 is 2.29 bits per heavy atom. The summed E-state index contributed by atoms with van der Waals surface area (Å²) in [4.78, 5) is 16.5. The number of carbonyl (C=O) groups excluding carboxylic acids is 1. The molecule has 3 nitrogen and oxygen atoms in total. The first-order valence-electron chi connectivity index (χ1n) is 6.49. The van der Waals surface area contributed by atoms with Crippen LogP contribution < -0.4 is 5.73 Å². The van der Waals surface area contributed by atoms with E-state index in [-0.39, 0.29) is 5.92 Å². The van der Waals surface area contributed by atoms with Gasteiger partial charge in [-0.15, -0.1) is 0 Å². The molecule has 0 aromatic carbocycles. The van der Waals surface area contributed by atoms with Crippen LogP contribution >= 0.6 is 0 Å². The molecule has 92 valence electrons. The van der Waals surface area contributed by atoms with Crippen LogP contribution in [0.2, 0.25) is 0 Å². The first-order valence-corrected chi connectivity index (χ1v) is 6.49. The van der Waals surface area contributed by atoms with Gasteiger partial charge in [-0.1, -0.05) is 12.5 Å². The van der Waals surface area contributed by atoms with E-state index in [1.165, 1.54) is 5.56 Å². The molecule has 1 aromatic heterocycles. The summed E-state index contributed by atoms with van der Waals surface area (Å²) in [5.41, 5.74) is 7.72. The number of carbonyl (C=O) groups is 1. The van der Waals surface area contributed by atoms with Gasteiger partial charge in [0.15, 0.2) is 0 Å². The molecule has 1 atom stereocenters. The Bertz CT molecular complexity index is 390. The van der Waals surface area contributed by atoms with Crippen LogP contribution in [0.4, 0.5) is 0 Å². The lowest BCUT2D eigenvalue weighted by Crippen LogP contribution is -2.11. The van der Waals surface area contributed by atoms with Gasteiger partial charge in [0.05, 0.1) is 11.6 Å². The molecular formula is C14H20N2O. The highest BCUT2D eigenvalue weighted by Gasteiger charge is 2.28. The summed E-state index contributed by atoms with van der Waals surface area (Å²) < 4.78 is 0. The number of nitrogens with two attached hydrogens (primary N) is 1. The van der Waals surface area contributed by atoms with Gasteiger partial charge < -0.3 is 5.73 Å². The molecule has 3 heteroatoms. The number of pyridine rings is 1. The summed E-state index contributed by atoms with van der Waals surface area (Å²) in [6.45, 7) is 0.724. The van der Waals surface area contributed by atoms with Crippen LogP contribution in [0.15, 0.2) is 18.3 Å². The predicted molar refractivity (Wildman–Crippen MR) is 67.8 cm³/mol. The van der Waals surface area contributed by atoms with Crippen molar-refractivity contribution in [2.45, 2.75) is 44.4 Å². The van der Waals surface area contributed by atoms with E-state index in [1.807, 2.05) is 6.07 Å². The maximum absolute atomic E-state index is 12.1. The number of unbranched alkanes of at least 4 members (excludes halogenated alkanes) is 2. The fraction of sp³-hybridized carbons (Fsp3) is 0.571. The minimum absolute atomic E-state index is 0.0593. The van der Waals surface area contributed by atoms with Crippen LogP contribution in [0.3, 0.4) is 0 Å². The van der Waals surface area contributed by atoms with Gasteiger partial charge in [0, 0.05) is 12.6 Å². The Morgan fingerprint density at radius 3 is 3.12 bits per heavy atom. The molecule has 0 aliphatic heterocycles. The molecular weight excluding hydrogens is 212 g/mol.